The van der Waals surface area contributed by atoms with Crippen LogP contribution in [0, 0.1) is 0 Å². The van der Waals surface area contributed by atoms with Gasteiger partial charge in [0.25, 0.3) is 0 Å². The molecule has 1 aromatic rings. The van der Waals surface area contributed by atoms with Gasteiger partial charge in [-0.2, -0.15) is 0 Å². The normalized spacial score (nSPS) is 10.9. The second kappa shape index (κ2) is 10.5. The van der Waals surface area contributed by atoms with Gasteiger partial charge in [-0.1, -0.05) is 26.3 Å². The molecule has 21 heavy (non-hydrogen) atoms. The van der Waals surface area contributed by atoms with E-state index in [1.54, 1.807) is 7.11 Å². The van der Waals surface area contributed by atoms with E-state index in [4.69, 9.17) is 14.6 Å². The molecule has 4 nitrogen and oxygen atoms in total. The Balaban J connectivity index is 2.43. The zero-order chi connectivity index (χ0) is 15.5. The molecule has 0 aliphatic carbocycles. The van der Waals surface area contributed by atoms with Crippen molar-refractivity contribution in [3.63, 3.8) is 0 Å². The predicted molar refractivity (Wildman–Crippen MR) is 86.0 cm³/mol. The molecular formula is C17H29NO3. The topological polar surface area (TPSA) is 50.7 Å². The first-order valence-corrected chi connectivity index (χ1v) is 7.81. The summed E-state index contributed by atoms with van der Waals surface area (Å²) in [5, 5.41) is 12.1. The Morgan fingerprint density at radius 1 is 1.10 bits per heavy atom. The fourth-order valence-corrected chi connectivity index (χ4v) is 2.01. The van der Waals surface area contributed by atoms with E-state index in [0.29, 0.717) is 12.6 Å². The van der Waals surface area contributed by atoms with E-state index in [2.05, 4.69) is 25.2 Å². The van der Waals surface area contributed by atoms with Gasteiger partial charge in [0.2, 0.25) is 0 Å². The Hall–Kier alpha value is -1.26. The Kier molecular flexibility index (Phi) is 8.87. The van der Waals surface area contributed by atoms with Gasteiger partial charge in [0.05, 0.1) is 13.7 Å². The lowest BCUT2D eigenvalue weighted by Gasteiger charge is -2.13. The minimum Gasteiger partial charge on any atom is -0.493 e. The van der Waals surface area contributed by atoms with Crippen LogP contribution in [-0.4, -0.2) is 31.5 Å². The van der Waals surface area contributed by atoms with Gasteiger partial charge in [-0.25, -0.2) is 0 Å². The van der Waals surface area contributed by atoms with Gasteiger partial charge in [-0.15, -0.1) is 0 Å². The lowest BCUT2D eigenvalue weighted by Crippen LogP contribution is -2.21. The van der Waals surface area contributed by atoms with E-state index >= 15 is 0 Å². The smallest absolute Gasteiger partial charge is 0.161 e. The summed E-state index contributed by atoms with van der Waals surface area (Å²) >= 11 is 0. The summed E-state index contributed by atoms with van der Waals surface area (Å²) in [5.41, 5.74) is 1.19. The molecule has 0 saturated carbocycles. The Labute approximate surface area is 128 Å². The first kappa shape index (κ1) is 17.8. The number of methoxy groups -OCH3 is 1. The van der Waals surface area contributed by atoms with Gasteiger partial charge < -0.3 is 19.9 Å². The number of hydrogen-bond donors (Lipinski definition) is 2. The highest BCUT2D eigenvalue weighted by Crippen LogP contribution is 2.28. The van der Waals surface area contributed by atoms with Gasteiger partial charge >= 0.3 is 0 Å². The first-order valence-electron chi connectivity index (χ1n) is 7.81. The maximum atomic E-state index is 8.72. The molecule has 0 aromatic heterocycles. The number of benzene rings is 1. The number of aliphatic hydroxyl groups is 1. The standard InChI is InChI=1S/C17H29NO3/c1-14(2)18-13-15-8-9-16(17(12-15)20-3)21-11-7-5-4-6-10-19/h8-9,12,14,18-19H,4-7,10-11,13H2,1-3H3. The molecule has 4 heteroatoms. The zero-order valence-electron chi connectivity index (χ0n) is 13.5. The van der Waals surface area contributed by atoms with Crippen molar-refractivity contribution in [3.05, 3.63) is 23.8 Å². The van der Waals surface area contributed by atoms with Crippen LogP contribution in [0.5, 0.6) is 11.5 Å². The second-order valence-corrected chi connectivity index (χ2v) is 5.51. The maximum absolute atomic E-state index is 8.72. The van der Waals surface area contributed by atoms with Gasteiger partial charge in [0.1, 0.15) is 0 Å². The summed E-state index contributed by atoms with van der Waals surface area (Å²) in [6, 6.07) is 6.53. The molecule has 2 N–H and O–H groups in total. The van der Waals surface area contributed by atoms with Gasteiger partial charge in [-0.05, 0) is 37.0 Å². The molecule has 1 rings (SSSR count). The summed E-state index contributed by atoms with van der Waals surface area (Å²) < 4.78 is 11.2. The summed E-state index contributed by atoms with van der Waals surface area (Å²) in [7, 11) is 1.67. The fourth-order valence-electron chi connectivity index (χ4n) is 2.01. The Morgan fingerprint density at radius 2 is 1.86 bits per heavy atom. The van der Waals surface area contributed by atoms with Crippen LogP contribution < -0.4 is 14.8 Å². The maximum Gasteiger partial charge on any atom is 0.161 e. The number of ether oxygens (including phenoxy) is 2. The van der Waals surface area contributed by atoms with E-state index in [1.165, 1.54) is 5.56 Å². The largest absolute Gasteiger partial charge is 0.493 e. The number of nitrogens with one attached hydrogen (secondary N) is 1. The lowest BCUT2D eigenvalue weighted by atomic mass is 10.2. The third-order valence-corrected chi connectivity index (χ3v) is 3.25. The molecule has 0 aliphatic heterocycles. The lowest BCUT2D eigenvalue weighted by molar-refractivity contribution is 0.268. The van der Waals surface area contributed by atoms with Crippen molar-refractivity contribution in [2.75, 3.05) is 20.3 Å². The number of aliphatic hydroxyl groups excluding tert-OH is 1. The number of unbranched alkanes of at least 4 members (excludes halogenated alkanes) is 3. The predicted octanol–water partition coefficient (Wildman–Crippen LogP) is 3.12. The molecule has 0 aliphatic rings. The molecular weight excluding hydrogens is 266 g/mol. The van der Waals surface area contributed by atoms with Crippen LogP contribution in [0.25, 0.3) is 0 Å². The van der Waals surface area contributed by atoms with Crippen molar-refractivity contribution < 1.29 is 14.6 Å². The van der Waals surface area contributed by atoms with Crippen LogP contribution in [0.1, 0.15) is 45.1 Å². The Bertz CT molecular complexity index is 394. The molecule has 0 unspecified atom stereocenters. The molecule has 0 saturated heterocycles. The van der Waals surface area contributed by atoms with E-state index in [0.717, 1.165) is 43.7 Å². The van der Waals surface area contributed by atoms with Crippen LogP contribution in [0.4, 0.5) is 0 Å². The van der Waals surface area contributed by atoms with Crippen molar-refractivity contribution in [2.45, 2.75) is 52.1 Å². The van der Waals surface area contributed by atoms with Gasteiger partial charge in [-0.3, -0.25) is 0 Å². The number of hydrogen-bond acceptors (Lipinski definition) is 4. The fraction of sp³-hybridized carbons (Fsp3) is 0.647. The van der Waals surface area contributed by atoms with Crippen molar-refractivity contribution >= 4 is 0 Å². The van der Waals surface area contributed by atoms with E-state index < -0.39 is 0 Å². The van der Waals surface area contributed by atoms with Gasteiger partial charge in [0.15, 0.2) is 11.5 Å². The van der Waals surface area contributed by atoms with Crippen molar-refractivity contribution in [1.29, 1.82) is 0 Å². The SMILES string of the molecule is COc1cc(CNC(C)C)ccc1OCCCCCCO. The van der Waals surface area contributed by atoms with E-state index in [1.807, 2.05) is 12.1 Å². The summed E-state index contributed by atoms with van der Waals surface area (Å²) in [6.45, 7) is 6.05. The minimum absolute atomic E-state index is 0.278. The first-order chi connectivity index (χ1) is 10.2. The van der Waals surface area contributed by atoms with Crippen LogP contribution in [0.2, 0.25) is 0 Å². The van der Waals surface area contributed by atoms with Crippen molar-refractivity contribution in [3.8, 4) is 11.5 Å². The van der Waals surface area contributed by atoms with Crippen molar-refractivity contribution in [1.82, 2.24) is 5.32 Å². The van der Waals surface area contributed by atoms with Crippen LogP contribution >= 0.6 is 0 Å². The quantitative estimate of drug-likeness (QED) is 0.616. The average Bonchev–Trinajstić information content (AvgIpc) is 2.49. The van der Waals surface area contributed by atoms with Crippen LogP contribution in [-0.2, 0) is 6.54 Å². The summed E-state index contributed by atoms with van der Waals surface area (Å²) in [6.07, 6.45) is 4.01. The van der Waals surface area contributed by atoms with Crippen LogP contribution in [0.3, 0.4) is 0 Å². The van der Waals surface area contributed by atoms with E-state index in [-0.39, 0.29) is 6.61 Å². The molecule has 0 heterocycles. The Morgan fingerprint density at radius 3 is 2.52 bits per heavy atom. The van der Waals surface area contributed by atoms with Crippen molar-refractivity contribution in [2.24, 2.45) is 0 Å². The molecule has 0 radical (unpaired) electrons. The highest BCUT2D eigenvalue weighted by molar-refractivity contribution is 5.42. The summed E-state index contributed by atoms with van der Waals surface area (Å²) in [4.78, 5) is 0. The van der Waals surface area contributed by atoms with Gasteiger partial charge in [0, 0.05) is 19.2 Å². The van der Waals surface area contributed by atoms with E-state index in [9.17, 15) is 0 Å². The third-order valence-electron chi connectivity index (χ3n) is 3.25. The van der Waals surface area contributed by atoms with Crippen LogP contribution in [0.15, 0.2) is 18.2 Å². The average molecular weight is 295 g/mol. The zero-order valence-corrected chi connectivity index (χ0v) is 13.5. The monoisotopic (exact) mass is 295 g/mol. The second-order valence-electron chi connectivity index (χ2n) is 5.51. The molecule has 0 spiro atoms. The highest BCUT2D eigenvalue weighted by atomic mass is 16.5. The summed E-state index contributed by atoms with van der Waals surface area (Å²) in [5.74, 6) is 1.58. The minimum atomic E-state index is 0.278. The number of rotatable bonds is 11. The molecule has 0 bridgehead atoms. The highest BCUT2D eigenvalue weighted by Gasteiger charge is 2.06. The molecule has 0 atom stereocenters. The molecule has 0 fully saturated rings. The molecule has 1 aromatic carbocycles. The molecule has 0 amide bonds. The third kappa shape index (κ3) is 7.34. The molecule has 120 valence electrons.